The SMILES string of the molecule is CCCCC(CCC)NC(=O)NC(C(=O)O)c1cccs1. The van der Waals surface area contributed by atoms with Crippen LogP contribution in [0.15, 0.2) is 17.5 Å². The summed E-state index contributed by atoms with van der Waals surface area (Å²) in [6.07, 6.45) is 4.95. The molecular weight excluding hydrogens is 288 g/mol. The highest BCUT2D eigenvalue weighted by Crippen LogP contribution is 2.19. The van der Waals surface area contributed by atoms with E-state index in [0.29, 0.717) is 4.88 Å². The lowest BCUT2D eigenvalue weighted by Crippen LogP contribution is -2.45. The Kier molecular flexibility index (Phi) is 7.82. The van der Waals surface area contributed by atoms with Crippen molar-refractivity contribution in [2.75, 3.05) is 0 Å². The number of rotatable bonds is 9. The fourth-order valence-electron chi connectivity index (χ4n) is 2.16. The number of urea groups is 1. The molecular formula is C15H24N2O3S. The predicted molar refractivity (Wildman–Crippen MR) is 84.6 cm³/mol. The lowest BCUT2D eigenvalue weighted by atomic mass is 10.1. The van der Waals surface area contributed by atoms with Crippen LogP contribution in [0.5, 0.6) is 0 Å². The summed E-state index contributed by atoms with van der Waals surface area (Å²) in [7, 11) is 0. The van der Waals surface area contributed by atoms with Crippen LogP contribution in [0.4, 0.5) is 4.79 Å². The van der Waals surface area contributed by atoms with E-state index in [1.807, 2.05) is 0 Å². The lowest BCUT2D eigenvalue weighted by molar-refractivity contribution is -0.139. The second-order valence-electron chi connectivity index (χ2n) is 5.03. The Bertz CT molecular complexity index is 434. The van der Waals surface area contributed by atoms with Crippen molar-refractivity contribution in [3.05, 3.63) is 22.4 Å². The van der Waals surface area contributed by atoms with Crippen molar-refractivity contribution in [1.82, 2.24) is 10.6 Å². The van der Waals surface area contributed by atoms with Gasteiger partial charge < -0.3 is 15.7 Å². The molecule has 0 aromatic carbocycles. The van der Waals surface area contributed by atoms with Gasteiger partial charge in [-0.05, 0) is 24.3 Å². The number of aliphatic carboxylic acids is 1. The largest absolute Gasteiger partial charge is 0.479 e. The smallest absolute Gasteiger partial charge is 0.331 e. The van der Waals surface area contributed by atoms with Gasteiger partial charge in [-0.2, -0.15) is 0 Å². The molecule has 3 N–H and O–H groups in total. The maximum absolute atomic E-state index is 12.0. The van der Waals surface area contributed by atoms with Gasteiger partial charge in [0.05, 0.1) is 0 Å². The number of unbranched alkanes of at least 4 members (excludes halogenated alkanes) is 1. The lowest BCUT2D eigenvalue weighted by Gasteiger charge is -2.20. The van der Waals surface area contributed by atoms with Gasteiger partial charge in [-0.3, -0.25) is 0 Å². The van der Waals surface area contributed by atoms with Gasteiger partial charge in [0.15, 0.2) is 6.04 Å². The van der Waals surface area contributed by atoms with Crippen molar-refractivity contribution in [1.29, 1.82) is 0 Å². The van der Waals surface area contributed by atoms with Crippen LogP contribution in [0.3, 0.4) is 0 Å². The van der Waals surface area contributed by atoms with Crippen molar-refractivity contribution in [3.63, 3.8) is 0 Å². The summed E-state index contributed by atoms with van der Waals surface area (Å²) in [6, 6.07) is 2.19. The molecule has 1 aromatic heterocycles. The van der Waals surface area contributed by atoms with E-state index in [2.05, 4.69) is 24.5 Å². The van der Waals surface area contributed by atoms with Gasteiger partial charge in [0.1, 0.15) is 0 Å². The molecule has 1 aromatic rings. The zero-order valence-electron chi connectivity index (χ0n) is 12.6. The number of carboxylic acid groups (broad SMARTS) is 1. The highest BCUT2D eigenvalue weighted by Gasteiger charge is 2.23. The first-order valence-corrected chi connectivity index (χ1v) is 8.29. The van der Waals surface area contributed by atoms with E-state index < -0.39 is 18.0 Å². The number of amides is 2. The Morgan fingerprint density at radius 1 is 1.24 bits per heavy atom. The quantitative estimate of drug-likeness (QED) is 0.652. The summed E-state index contributed by atoms with van der Waals surface area (Å²) in [5.74, 6) is -1.05. The summed E-state index contributed by atoms with van der Waals surface area (Å²) in [4.78, 5) is 23.9. The number of carbonyl (C=O) groups excluding carboxylic acids is 1. The topological polar surface area (TPSA) is 78.4 Å². The molecule has 1 rings (SSSR count). The van der Waals surface area contributed by atoms with Crippen LogP contribution < -0.4 is 10.6 Å². The average molecular weight is 312 g/mol. The normalized spacial score (nSPS) is 13.4. The highest BCUT2D eigenvalue weighted by molar-refractivity contribution is 7.10. The molecule has 0 aliphatic carbocycles. The minimum absolute atomic E-state index is 0.104. The van der Waals surface area contributed by atoms with Gasteiger partial charge in [0, 0.05) is 10.9 Å². The number of thiophene rings is 1. The van der Waals surface area contributed by atoms with Crippen LogP contribution in [0, 0.1) is 0 Å². The minimum atomic E-state index is -1.05. The van der Waals surface area contributed by atoms with E-state index in [-0.39, 0.29) is 6.04 Å². The Balaban J connectivity index is 2.58. The molecule has 0 fully saturated rings. The van der Waals surface area contributed by atoms with Crippen molar-refractivity contribution >= 4 is 23.3 Å². The number of carbonyl (C=O) groups is 2. The Morgan fingerprint density at radius 2 is 2.00 bits per heavy atom. The van der Waals surface area contributed by atoms with E-state index in [9.17, 15) is 14.7 Å². The second-order valence-corrected chi connectivity index (χ2v) is 6.01. The molecule has 0 aliphatic heterocycles. The van der Waals surface area contributed by atoms with Crippen LogP contribution in [0.25, 0.3) is 0 Å². The molecule has 6 heteroatoms. The minimum Gasteiger partial charge on any atom is -0.479 e. The first-order valence-electron chi connectivity index (χ1n) is 7.41. The molecule has 21 heavy (non-hydrogen) atoms. The highest BCUT2D eigenvalue weighted by atomic mass is 32.1. The molecule has 0 spiro atoms. The van der Waals surface area contributed by atoms with E-state index in [0.717, 1.165) is 32.1 Å². The molecule has 0 saturated heterocycles. The molecule has 1 heterocycles. The van der Waals surface area contributed by atoms with Crippen LogP contribution in [-0.2, 0) is 4.79 Å². The number of hydrogen-bond acceptors (Lipinski definition) is 3. The number of carboxylic acids is 1. The summed E-state index contributed by atoms with van der Waals surface area (Å²) < 4.78 is 0. The van der Waals surface area contributed by atoms with Gasteiger partial charge in [0.25, 0.3) is 0 Å². The van der Waals surface area contributed by atoms with Gasteiger partial charge >= 0.3 is 12.0 Å². The predicted octanol–water partition coefficient (Wildman–Crippen LogP) is 3.53. The van der Waals surface area contributed by atoms with E-state index >= 15 is 0 Å². The zero-order chi connectivity index (χ0) is 15.7. The van der Waals surface area contributed by atoms with Crippen molar-refractivity contribution in [2.24, 2.45) is 0 Å². The molecule has 2 amide bonds. The maximum atomic E-state index is 12.0. The first kappa shape index (κ1) is 17.5. The van der Waals surface area contributed by atoms with Gasteiger partial charge in [-0.15, -0.1) is 11.3 Å². The van der Waals surface area contributed by atoms with Crippen molar-refractivity contribution in [3.8, 4) is 0 Å². The zero-order valence-corrected chi connectivity index (χ0v) is 13.4. The summed E-state index contributed by atoms with van der Waals surface area (Å²) in [5, 5.41) is 16.5. The fraction of sp³-hybridized carbons (Fsp3) is 0.600. The Morgan fingerprint density at radius 3 is 2.52 bits per heavy atom. The number of hydrogen-bond donors (Lipinski definition) is 3. The van der Waals surface area contributed by atoms with E-state index in [1.165, 1.54) is 11.3 Å². The molecule has 5 nitrogen and oxygen atoms in total. The van der Waals surface area contributed by atoms with Gasteiger partial charge in [-0.1, -0.05) is 39.2 Å². The molecule has 0 aliphatic rings. The molecule has 2 atom stereocenters. The third-order valence-corrected chi connectivity index (χ3v) is 4.17. The standard InChI is InChI=1S/C15H24N2O3S/c1-3-5-8-11(7-4-2)16-15(20)17-13(14(18)19)12-9-6-10-21-12/h6,9-11,13H,3-5,7-8H2,1-2H3,(H,18,19)(H2,16,17,20). The van der Waals surface area contributed by atoms with Crippen LogP contribution >= 0.6 is 11.3 Å². The molecule has 118 valence electrons. The third-order valence-electron chi connectivity index (χ3n) is 3.23. The molecule has 0 radical (unpaired) electrons. The Hall–Kier alpha value is -1.56. The average Bonchev–Trinajstić information content (AvgIpc) is 2.96. The number of nitrogens with one attached hydrogen (secondary N) is 2. The summed E-state index contributed by atoms with van der Waals surface area (Å²) in [6.45, 7) is 4.19. The second kappa shape index (κ2) is 9.39. The Labute approximate surface area is 129 Å². The van der Waals surface area contributed by atoms with Gasteiger partial charge in [-0.25, -0.2) is 9.59 Å². The van der Waals surface area contributed by atoms with Crippen LogP contribution in [-0.4, -0.2) is 23.1 Å². The van der Waals surface area contributed by atoms with Crippen LogP contribution in [0.2, 0.25) is 0 Å². The maximum Gasteiger partial charge on any atom is 0.331 e. The third kappa shape index (κ3) is 6.16. The van der Waals surface area contributed by atoms with Crippen LogP contribution in [0.1, 0.15) is 56.9 Å². The van der Waals surface area contributed by atoms with Crippen molar-refractivity contribution < 1.29 is 14.7 Å². The fourth-order valence-corrected chi connectivity index (χ4v) is 2.92. The summed E-state index contributed by atoms with van der Waals surface area (Å²) in [5.41, 5.74) is 0. The first-order chi connectivity index (χ1) is 10.1. The molecule has 0 bridgehead atoms. The molecule has 2 unspecified atom stereocenters. The van der Waals surface area contributed by atoms with Gasteiger partial charge in [0.2, 0.25) is 0 Å². The monoisotopic (exact) mass is 312 g/mol. The molecule has 0 saturated carbocycles. The summed E-state index contributed by atoms with van der Waals surface area (Å²) >= 11 is 1.32. The van der Waals surface area contributed by atoms with E-state index in [1.54, 1.807) is 17.5 Å². The van der Waals surface area contributed by atoms with Crippen molar-refractivity contribution in [2.45, 2.75) is 58.0 Å². The van der Waals surface area contributed by atoms with E-state index in [4.69, 9.17) is 0 Å².